The minimum Gasteiger partial charge on any atom is -0.352 e. The van der Waals surface area contributed by atoms with Crippen LogP contribution in [0.3, 0.4) is 0 Å². The first kappa shape index (κ1) is 13.6. The van der Waals surface area contributed by atoms with Crippen molar-refractivity contribution in [3.05, 3.63) is 35.4 Å². The Labute approximate surface area is 117 Å². The van der Waals surface area contributed by atoms with E-state index in [1.807, 2.05) is 24.3 Å². The summed E-state index contributed by atoms with van der Waals surface area (Å²) in [5, 5.41) is 3.04. The molecule has 1 fully saturated rings. The number of carbonyl (C=O) groups excluding carboxylic acids is 1. The van der Waals surface area contributed by atoms with Crippen molar-refractivity contribution in [3.8, 4) is 0 Å². The van der Waals surface area contributed by atoms with Gasteiger partial charge in [0, 0.05) is 16.9 Å². The van der Waals surface area contributed by atoms with Crippen molar-refractivity contribution in [2.45, 2.75) is 37.4 Å². The van der Waals surface area contributed by atoms with Crippen LogP contribution in [0.15, 0.2) is 24.3 Å². The van der Waals surface area contributed by atoms with Crippen molar-refractivity contribution in [3.63, 3.8) is 0 Å². The molecule has 2 rings (SSSR count). The summed E-state index contributed by atoms with van der Waals surface area (Å²) in [5.41, 5.74) is 2.03. The summed E-state index contributed by atoms with van der Waals surface area (Å²) < 4.78 is 0. The van der Waals surface area contributed by atoms with Gasteiger partial charge in [0.2, 0.25) is 0 Å². The molecule has 1 aromatic rings. The number of nitrogens with one attached hydrogen (secondary N) is 1. The molecule has 1 aromatic carbocycles. The Balaban J connectivity index is 1.83. The van der Waals surface area contributed by atoms with E-state index in [1.165, 1.54) is 24.8 Å². The number of hydrogen-bond donors (Lipinski definition) is 1. The van der Waals surface area contributed by atoms with Crippen molar-refractivity contribution >= 4 is 21.8 Å². The average molecular weight is 310 g/mol. The molecule has 0 bridgehead atoms. The number of rotatable bonds is 4. The molecule has 1 aliphatic carbocycles. The molecule has 0 aliphatic heterocycles. The van der Waals surface area contributed by atoms with E-state index in [0.29, 0.717) is 10.7 Å². The second kappa shape index (κ2) is 6.37. The van der Waals surface area contributed by atoms with Crippen LogP contribution in [0.5, 0.6) is 0 Å². The van der Waals surface area contributed by atoms with Crippen LogP contribution >= 0.6 is 15.9 Å². The molecule has 0 spiro atoms. The Bertz CT molecular complexity index is 401. The van der Waals surface area contributed by atoms with Gasteiger partial charge in [-0.2, -0.15) is 0 Å². The van der Waals surface area contributed by atoms with Crippen LogP contribution < -0.4 is 5.32 Å². The Kier molecular flexibility index (Phi) is 4.81. The van der Waals surface area contributed by atoms with Gasteiger partial charge in [0.15, 0.2) is 0 Å². The number of halogens is 1. The number of hydrogen-bond acceptors (Lipinski definition) is 1. The summed E-state index contributed by atoms with van der Waals surface area (Å²) in [5.74, 6) is 0.684. The minimum absolute atomic E-state index is 0.0516. The molecule has 2 atom stereocenters. The zero-order valence-corrected chi connectivity index (χ0v) is 12.4. The van der Waals surface area contributed by atoms with E-state index in [2.05, 4.69) is 28.2 Å². The van der Waals surface area contributed by atoms with E-state index >= 15 is 0 Å². The number of alkyl halides is 1. The number of benzene rings is 1. The molecule has 0 saturated heterocycles. The van der Waals surface area contributed by atoms with Crippen molar-refractivity contribution in [2.24, 2.45) is 5.92 Å². The Morgan fingerprint density at radius 2 is 2.06 bits per heavy atom. The highest BCUT2D eigenvalue weighted by atomic mass is 79.9. The molecule has 0 radical (unpaired) electrons. The average Bonchev–Trinajstić information content (AvgIpc) is 2.82. The number of carbonyl (C=O) groups is 1. The molecule has 3 heteroatoms. The highest BCUT2D eigenvalue weighted by Crippen LogP contribution is 2.30. The zero-order chi connectivity index (χ0) is 13.0. The zero-order valence-electron chi connectivity index (χ0n) is 10.8. The monoisotopic (exact) mass is 309 g/mol. The smallest absolute Gasteiger partial charge is 0.251 e. The lowest BCUT2D eigenvalue weighted by Crippen LogP contribution is -2.28. The molecule has 1 N–H and O–H groups in total. The predicted molar refractivity (Wildman–Crippen MR) is 78.2 cm³/mol. The van der Waals surface area contributed by atoms with E-state index in [9.17, 15) is 4.79 Å². The van der Waals surface area contributed by atoms with E-state index in [4.69, 9.17) is 0 Å². The fraction of sp³-hybridized carbons (Fsp3) is 0.533. The van der Waals surface area contributed by atoms with Gasteiger partial charge in [-0.3, -0.25) is 4.79 Å². The molecule has 0 aromatic heterocycles. The van der Waals surface area contributed by atoms with Crippen molar-refractivity contribution < 1.29 is 4.79 Å². The highest BCUT2D eigenvalue weighted by Gasteiger charge is 2.22. The van der Waals surface area contributed by atoms with Gasteiger partial charge in [-0.15, -0.1) is 0 Å². The Hall–Kier alpha value is -0.830. The SMILES string of the molecule is CCc1ccc(C(=O)NCC2CCC(Br)C2)cc1. The first-order valence-electron chi connectivity index (χ1n) is 6.70. The van der Waals surface area contributed by atoms with Gasteiger partial charge < -0.3 is 5.32 Å². The molecule has 0 heterocycles. The Morgan fingerprint density at radius 3 is 2.61 bits per heavy atom. The van der Waals surface area contributed by atoms with Crippen LogP contribution in [-0.2, 0) is 6.42 Å². The van der Waals surface area contributed by atoms with Gasteiger partial charge in [0.05, 0.1) is 0 Å². The molecule has 2 nitrogen and oxygen atoms in total. The largest absolute Gasteiger partial charge is 0.352 e. The van der Waals surface area contributed by atoms with Crippen LogP contribution in [0.25, 0.3) is 0 Å². The van der Waals surface area contributed by atoms with Gasteiger partial charge in [0.1, 0.15) is 0 Å². The highest BCUT2D eigenvalue weighted by molar-refractivity contribution is 9.09. The fourth-order valence-corrected chi connectivity index (χ4v) is 3.22. The first-order chi connectivity index (χ1) is 8.69. The topological polar surface area (TPSA) is 29.1 Å². The third-order valence-electron chi connectivity index (χ3n) is 3.65. The van der Waals surface area contributed by atoms with Gasteiger partial charge >= 0.3 is 0 Å². The summed E-state index contributed by atoms with van der Waals surface area (Å²) >= 11 is 3.63. The second-order valence-electron chi connectivity index (χ2n) is 5.04. The molecule has 1 saturated carbocycles. The lowest BCUT2D eigenvalue weighted by Gasteiger charge is -2.11. The number of aryl methyl sites for hydroxylation is 1. The lowest BCUT2D eigenvalue weighted by molar-refractivity contribution is 0.0947. The molecule has 18 heavy (non-hydrogen) atoms. The number of amides is 1. The van der Waals surface area contributed by atoms with Crippen LogP contribution in [0.2, 0.25) is 0 Å². The first-order valence-corrected chi connectivity index (χ1v) is 7.61. The summed E-state index contributed by atoms with van der Waals surface area (Å²) in [6.07, 6.45) is 4.63. The van der Waals surface area contributed by atoms with Crippen LogP contribution in [-0.4, -0.2) is 17.3 Å². The molecule has 1 aliphatic rings. The summed E-state index contributed by atoms with van der Waals surface area (Å²) in [6, 6.07) is 7.88. The van der Waals surface area contributed by atoms with Gasteiger partial charge in [-0.25, -0.2) is 0 Å². The van der Waals surface area contributed by atoms with Crippen LogP contribution in [0.1, 0.15) is 42.1 Å². The summed E-state index contributed by atoms with van der Waals surface area (Å²) in [6.45, 7) is 2.92. The standard InChI is InChI=1S/C15H20BrNO/c1-2-11-3-6-13(7-4-11)15(18)17-10-12-5-8-14(16)9-12/h3-4,6-7,12,14H,2,5,8-10H2,1H3,(H,17,18). The second-order valence-corrected chi connectivity index (χ2v) is 6.33. The fourth-order valence-electron chi connectivity index (χ4n) is 2.43. The van der Waals surface area contributed by atoms with Gasteiger partial charge in [-0.05, 0) is 49.3 Å². The van der Waals surface area contributed by atoms with Crippen LogP contribution in [0.4, 0.5) is 0 Å². The molecule has 98 valence electrons. The quantitative estimate of drug-likeness (QED) is 0.847. The molecule has 2 unspecified atom stereocenters. The molecule has 1 amide bonds. The van der Waals surface area contributed by atoms with Crippen molar-refractivity contribution in [2.75, 3.05) is 6.54 Å². The van der Waals surface area contributed by atoms with Crippen molar-refractivity contribution in [1.82, 2.24) is 5.32 Å². The maximum atomic E-state index is 12.0. The molecular formula is C15H20BrNO. The maximum Gasteiger partial charge on any atom is 0.251 e. The van der Waals surface area contributed by atoms with Crippen molar-refractivity contribution in [1.29, 1.82) is 0 Å². The van der Waals surface area contributed by atoms with E-state index < -0.39 is 0 Å². The normalized spacial score (nSPS) is 23.0. The minimum atomic E-state index is 0.0516. The van der Waals surface area contributed by atoms with Crippen LogP contribution in [0, 0.1) is 5.92 Å². The maximum absolute atomic E-state index is 12.0. The van der Waals surface area contributed by atoms with E-state index in [1.54, 1.807) is 0 Å². The third kappa shape index (κ3) is 3.58. The lowest BCUT2D eigenvalue weighted by atomic mass is 10.1. The van der Waals surface area contributed by atoms with Gasteiger partial charge in [0.25, 0.3) is 5.91 Å². The molecular weight excluding hydrogens is 290 g/mol. The van der Waals surface area contributed by atoms with E-state index in [0.717, 1.165) is 18.5 Å². The summed E-state index contributed by atoms with van der Waals surface area (Å²) in [4.78, 5) is 12.6. The van der Waals surface area contributed by atoms with E-state index in [-0.39, 0.29) is 5.91 Å². The third-order valence-corrected chi connectivity index (χ3v) is 4.48. The Morgan fingerprint density at radius 1 is 1.33 bits per heavy atom. The predicted octanol–water partition coefficient (Wildman–Crippen LogP) is 3.54. The summed E-state index contributed by atoms with van der Waals surface area (Å²) in [7, 11) is 0. The van der Waals surface area contributed by atoms with Gasteiger partial charge in [-0.1, -0.05) is 35.0 Å².